The molecule has 104 valence electrons. The fourth-order valence-electron chi connectivity index (χ4n) is 3.03. The minimum atomic E-state index is -1.21. The lowest BCUT2D eigenvalue weighted by atomic mass is 9.91. The van der Waals surface area contributed by atoms with Crippen LogP contribution in [0.1, 0.15) is 36.2 Å². The van der Waals surface area contributed by atoms with Crippen LogP contribution in [0.25, 0.3) is 0 Å². The largest absolute Gasteiger partial charge is 0.478 e. The standard InChI is InChI=1S/C15H20FNO2/c1-10-6-11(2)8-17(7-10)9-12-4-3-5-13(14(12)16)15(18)19/h3-5,10-11H,6-9H2,1-2H3,(H,18,19). The van der Waals surface area contributed by atoms with Crippen molar-refractivity contribution in [2.45, 2.75) is 26.8 Å². The van der Waals surface area contributed by atoms with Gasteiger partial charge in [-0.15, -0.1) is 0 Å². The van der Waals surface area contributed by atoms with Crippen molar-refractivity contribution in [3.63, 3.8) is 0 Å². The van der Waals surface area contributed by atoms with Crippen molar-refractivity contribution in [1.82, 2.24) is 4.90 Å². The molecule has 0 bridgehead atoms. The zero-order valence-corrected chi connectivity index (χ0v) is 11.4. The topological polar surface area (TPSA) is 40.5 Å². The van der Waals surface area contributed by atoms with Gasteiger partial charge in [0.05, 0.1) is 5.56 Å². The molecule has 0 aromatic heterocycles. The van der Waals surface area contributed by atoms with Crippen LogP contribution in [-0.2, 0) is 6.54 Å². The number of carboxylic acids is 1. The van der Waals surface area contributed by atoms with Crippen LogP contribution < -0.4 is 0 Å². The number of piperidine rings is 1. The Balaban J connectivity index is 2.15. The Morgan fingerprint density at radius 3 is 2.58 bits per heavy atom. The fraction of sp³-hybridized carbons (Fsp3) is 0.533. The second-order valence-electron chi connectivity index (χ2n) is 5.72. The summed E-state index contributed by atoms with van der Waals surface area (Å²) in [6, 6.07) is 4.59. The molecular weight excluding hydrogens is 245 g/mol. The summed E-state index contributed by atoms with van der Waals surface area (Å²) in [5.74, 6) is -0.593. The van der Waals surface area contributed by atoms with Gasteiger partial charge in [-0.2, -0.15) is 0 Å². The van der Waals surface area contributed by atoms with Gasteiger partial charge in [-0.25, -0.2) is 9.18 Å². The maximum Gasteiger partial charge on any atom is 0.338 e. The lowest BCUT2D eigenvalue weighted by Gasteiger charge is -2.35. The van der Waals surface area contributed by atoms with Crippen molar-refractivity contribution in [3.8, 4) is 0 Å². The van der Waals surface area contributed by atoms with E-state index >= 15 is 0 Å². The number of benzene rings is 1. The van der Waals surface area contributed by atoms with Crippen LogP contribution in [0.3, 0.4) is 0 Å². The third kappa shape index (κ3) is 3.32. The summed E-state index contributed by atoms with van der Waals surface area (Å²) < 4.78 is 14.1. The summed E-state index contributed by atoms with van der Waals surface area (Å²) in [4.78, 5) is 13.1. The van der Waals surface area contributed by atoms with Crippen LogP contribution in [-0.4, -0.2) is 29.1 Å². The van der Waals surface area contributed by atoms with Gasteiger partial charge in [-0.3, -0.25) is 4.90 Å². The number of carbonyl (C=O) groups is 1. The highest BCUT2D eigenvalue weighted by atomic mass is 19.1. The zero-order valence-electron chi connectivity index (χ0n) is 11.4. The van der Waals surface area contributed by atoms with Crippen LogP contribution in [0, 0.1) is 17.7 Å². The van der Waals surface area contributed by atoms with E-state index in [0.717, 1.165) is 13.1 Å². The molecule has 2 atom stereocenters. The summed E-state index contributed by atoms with van der Waals surface area (Å²) in [5, 5.41) is 8.93. The van der Waals surface area contributed by atoms with Gasteiger partial charge in [0.15, 0.2) is 0 Å². The second-order valence-corrected chi connectivity index (χ2v) is 5.72. The van der Waals surface area contributed by atoms with Crippen LogP contribution in [0.2, 0.25) is 0 Å². The van der Waals surface area contributed by atoms with E-state index < -0.39 is 11.8 Å². The number of likely N-dealkylation sites (tertiary alicyclic amines) is 1. The first-order valence-electron chi connectivity index (χ1n) is 6.70. The van der Waals surface area contributed by atoms with Crippen LogP contribution >= 0.6 is 0 Å². The normalized spacial score (nSPS) is 24.4. The highest BCUT2D eigenvalue weighted by Gasteiger charge is 2.23. The molecule has 1 aliphatic rings. The molecule has 1 aromatic carbocycles. The average molecular weight is 265 g/mol. The van der Waals surface area contributed by atoms with E-state index in [1.165, 1.54) is 12.5 Å². The van der Waals surface area contributed by atoms with E-state index in [1.807, 2.05) is 0 Å². The van der Waals surface area contributed by atoms with E-state index in [-0.39, 0.29) is 5.56 Å². The van der Waals surface area contributed by atoms with Crippen LogP contribution in [0.15, 0.2) is 18.2 Å². The molecule has 1 aromatic rings. The molecule has 0 spiro atoms. The van der Waals surface area contributed by atoms with Crippen molar-refractivity contribution in [3.05, 3.63) is 35.1 Å². The van der Waals surface area contributed by atoms with Gasteiger partial charge in [-0.05, 0) is 24.3 Å². The quantitative estimate of drug-likeness (QED) is 0.913. The lowest BCUT2D eigenvalue weighted by Crippen LogP contribution is -2.38. The molecule has 4 heteroatoms. The summed E-state index contributed by atoms with van der Waals surface area (Å²) in [6.07, 6.45) is 1.20. The Hall–Kier alpha value is -1.42. The van der Waals surface area contributed by atoms with E-state index in [1.54, 1.807) is 12.1 Å². The third-order valence-electron chi connectivity index (χ3n) is 3.65. The third-order valence-corrected chi connectivity index (χ3v) is 3.65. The first kappa shape index (κ1) is 14.0. The highest BCUT2D eigenvalue weighted by Crippen LogP contribution is 2.23. The molecule has 2 unspecified atom stereocenters. The molecule has 0 radical (unpaired) electrons. The van der Waals surface area contributed by atoms with E-state index in [0.29, 0.717) is 23.9 Å². The molecule has 1 fully saturated rings. The molecule has 0 aliphatic carbocycles. The number of hydrogen-bond donors (Lipinski definition) is 1. The van der Waals surface area contributed by atoms with E-state index in [9.17, 15) is 9.18 Å². The average Bonchev–Trinajstić information content (AvgIpc) is 2.30. The summed E-state index contributed by atoms with van der Waals surface area (Å²) >= 11 is 0. The molecule has 1 aliphatic heterocycles. The molecule has 2 rings (SSSR count). The number of hydrogen-bond acceptors (Lipinski definition) is 2. The fourth-order valence-corrected chi connectivity index (χ4v) is 3.03. The number of nitrogens with zero attached hydrogens (tertiary/aromatic N) is 1. The predicted molar refractivity (Wildman–Crippen MR) is 71.6 cm³/mol. The Kier molecular flexibility index (Phi) is 4.20. The van der Waals surface area contributed by atoms with Crippen molar-refractivity contribution >= 4 is 5.97 Å². The van der Waals surface area contributed by atoms with Gasteiger partial charge in [0.25, 0.3) is 0 Å². The van der Waals surface area contributed by atoms with Gasteiger partial charge in [-0.1, -0.05) is 26.0 Å². The second kappa shape index (κ2) is 5.70. The lowest BCUT2D eigenvalue weighted by molar-refractivity contribution is 0.0691. The molecule has 3 nitrogen and oxygen atoms in total. The molecule has 1 heterocycles. The highest BCUT2D eigenvalue weighted by molar-refractivity contribution is 5.88. The number of rotatable bonds is 3. The van der Waals surface area contributed by atoms with Crippen molar-refractivity contribution in [1.29, 1.82) is 0 Å². The first-order valence-corrected chi connectivity index (χ1v) is 6.70. The zero-order chi connectivity index (χ0) is 14.0. The smallest absolute Gasteiger partial charge is 0.338 e. The Morgan fingerprint density at radius 1 is 1.37 bits per heavy atom. The molecular formula is C15H20FNO2. The molecule has 0 saturated carbocycles. The maximum absolute atomic E-state index is 14.1. The van der Waals surface area contributed by atoms with Gasteiger partial charge >= 0.3 is 5.97 Å². The number of carboxylic acid groups (broad SMARTS) is 1. The Bertz CT molecular complexity index is 465. The molecule has 1 N–H and O–H groups in total. The van der Waals surface area contributed by atoms with E-state index in [4.69, 9.17) is 5.11 Å². The summed E-state index contributed by atoms with van der Waals surface area (Å²) in [5.41, 5.74) is 0.233. The molecule has 19 heavy (non-hydrogen) atoms. The molecule has 0 amide bonds. The Morgan fingerprint density at radius 2 is 2.00 bits per heavy atom. The van der Waals surface area contributed by atoms with Gasteiger partial charge in [0, 0.05) is 25.2 Å². The molecule has 1 saturated heterocycles. The van der Waals surface area contributed by atoms with E-state index in [2.05, 4.69) is 18.7 Å². The van der Waals surface area contributed by atoms with Crippen molar-refractivity contribution < 1.29 is 14.3 Å². The van der Waals surface area contributed by atoms with Crippen LogP contribution in [0.4, 0.5) is 4.39 Å². The number of aromatic carboxylic acids is 1. The Labute approximate surface area is 113 Å². The van der Waals surface area contributed by atoms with Gasteiger partial charge in [0.1, 0.15) is 5.82 Å². The maximum atomic E-state index is 14.1. The predicted octanol–water partition coefficient (Wildman–Crippen LogP) is 3.00. The minimum Gasteiger partial charge on any atom is -0.478 e. The summed E-state index contributed by atoms with van der Waals surface area (Å²) in [6.45, 7) is 6.78. The monoisotopic (exact) mass is 265 g/mol. The van der Waals surface area contributed by atoms with Crippen molar-refractivity contribution in [2.75, 3.05) is 13.1 Å². The van der Waals surface area contributed by atoms with Gasteiger partial charge < -0.3 is 5.11 Å². The van der Waals surface area contributed by atoms with Crippen molar-refractivity contribution in [2.24, 2.45) is 11.8 Å². The summed E-state index contributed by atoms with van der Waals surface area (Å²) in [7, 11) is 0. The van der Waals surface area contributed by atoms with Gasteiger partial charge in [0.2, 0.25) is 0 Å². The first-order chi connectivity index (χ1) is 8.97. The van der Waals surface area contributed by atoms with Crippen LogP contribution in [0.5, 0.6) is 0 Å². The minimum absolute atomic E-state index is 0.240. The number of halogens is 1. The SMILES string of the molecule is CC1CC(C)CN(Cc2cccc(C(=O)O)c2F)C1.